The lowest BCUT2D eigenvalue weighted by atomic mass is 10.1. The molecule has 106 valence electrons. The molecule has 0 aliphatic carbocycles. The van der Waals surface area contributed by atoms with E-state index in [1.165, 1.54) is 0 Å². The summed E-state index contributed by atoms with van der Waals surface area (Å²) in [4.78, 5) is 13.0. The standard InChI is InChI=1S/C9H5F6NO3/c10-4-1-3(2-5(17)18)7(19-9(13,14)15)6(16-4)8(11)12/h1,8H,2H2,(H,17,18). The molecule has 0 aromatic carbocycles. The fourth-order valence-corrected chi connectivity index (χ4v) is 1.25. The average molecular weight is 289 g/mol. The molecule has 4 nitrogen and oxygen atoms in total. The molecular weight excluding hydrogens is 284 g/mol. The van der Waals surface area contributed by atoms with Crippen molar-refractivity contribution in [3.8, 4) is 5.75 Å². The van der Waals surface area contributed by atoms with Crippen LogP contribution in [0.25, 0.3) is 0 Å². The van der Waals surface area contributed by atoms with Crippen LogP contribution in [0.15, 0.2) is 6.07 Å². The fourth-order valence-electron chi connectivity index (χ4n) is 1.25. The van der Waals surface area contributed by atoms with E-state index in [4.69, 9.17) is 5.11 Å². The Balaban J connectivity index is 3.38. The Kier molecular flexibility index (Phi) is 4.22. The zero-order valence-corrected chi connectivity index (χ0v) is 8.84. The third-order valence-corrected chi connectivity index (χ3v) is 1.81. The van der Waals surface area contributed by atoms with Crippen LogP contribution in [0.5, 0.6) is 5.75 Å². The Bertz CT molecular complexity index is 488. The highest BCUT2D eigenvalue weighted by atomic mass is 19.4. The molecule has 0 bridgehead atoms. The summed E-state index contributed by atoms with van der Waals surface area (Å²) in [6, 6.07) is 0.293. The van der Waals surface area contributed by atoms with Crippen molar-refractivity contribution in [3.63, 3.8) is 0 Å². The van der Waals surface area contributed by atoms with Gasteiger partial charge in [0.2, 0.25) is 5.95 Å². The first kappa shape index (κ1) is 15.1. The molecular formula is C9H5F6NO3. The van der Waals surface area contributed by atoms with Crippen LogP contribution in [0.4, 0.5) is 26.3 Å². The molecule has 0 amide bonds. The molecule has 1 N–H and O–H groups in total. The highest BCUT2D eigenvalue weighted by Crippen LogP contribution is 2.35. The molecule has 0 atom stereocenters. The topological polar surface area (TPSA) is 59.4 Å². The number of nitrogens with zero attached hydrogens (tertiary/aromatic N) is 1. The second kappa shape index (κ2) is 5.33. The van der Waals surface area contributed by atoms with Crippen LogP contribution in [-0.4, -0.2) is 22.4 Å². The van der Waals surface area contributed by atoms with E-state index in [0.29, 0.717) is 6.07 Å². The molecule has 0 saturated heterocycles. The zero-order valence-electron chi connectivity index (χ0n) is 8.84. The maximum absolute atomic E-state index is 12.9. The van der Waals surface area contributed by atoms with E-state index >= 15 is 0 Å². The summed E-state index contributed by atoms with van der Waals surface area (Å²) in [6.45, 7) is 0. The van der Waals surface area contributed by atoms with E-state index in [9.17, 15) is 31.1 Å². The summed E-state index contributed by atoms with van der Waals surface area (Å²) in [5.41, 5.74) is -2.48. The monoisotopic (exact) mass is 289 g/mol. The third kappa shape index (κ3) is 4.30. The van der Waals surface area contributed by atoms with Crippen molar-refractivity contribution in [3.05, 3.63) is 23.3 Å². The van der Waals surface area contributed by atoms with Crippen LogP contribution in [0.1, 0.15) is 17.7 Å². The molecule has 0 radical (unpaired) electrons. The van der Waals surface area contributed by atoms with Gasteiger partial charge in [-0.25, -0.2) is 13.8 Å². The molecule has 10 heteroatoms. The molecule has 1 heterocycles. The van der Waals surface area contributed by atoms with Gasteiger partial charge in [-0.15, -0.1) is 13.2 Å². The predicted molar refractivity (Wildman–Crippen MR) is 47.2 cm³/mol. The first-order valence-electron chi connectivity index (χ1n) is 4.55. The van der Waals surface area contributed by atoms with E-state index in [2.05, 4.69) is 9.72 Å². The van der Waals surface area contributed by atoms with Crippen LogP contribution in [0.2, 0.25) is 0 Å². The zero-order chi connectivity index (χ0) is 14.8. The highest BCUT2D eigenvalue weighted by Gasteiger charge is 2.36. The first-order chi connectivity index (χ1) is 8.60. The van der Waals surface area contributed by atoms with Gasteiger partial charge < -0.3 is 9.84 Å². The van der Waals surface area contributed by atoms with Crippen molar-refractivity contribution in [2.24, 2.45) is 0 Å². The Morgan fingerprint density at radius 3 is 2.42 bits per heavy atom. The molecule has 1 aromatic heterocycles. The minimum atomic E-state index is -5.34. The number of carboxylic acids is 1. The molecule has 1 aromatic rings. The van der Waals surface area contributed by atoms with Crippen molar-refractivity contribution >= 4 is 5.97 Å². The number of hydrogen-bond donors (Lipinski definition) is 1. The van der Waals surface area contributed by atoms with Crippen molar-refractivity contribution < 1.29 is 41.0 Å². The number of ether oxygens (including phenoxy) is 1. The Morgan fingerprint density at radius 1 is 1.42 bits per heavy atom. The van der Waals surface area contributed by atoms with Crippen molar-refractivity contribution in [2.45, 2.75) is 19.2 Å². The van der Waals surface area contributed by atoms with Crippen molar-refractivity contribution in [2.75, 3.05) is 0 Å². The second-order valence-electron chi connectivity index (χ2n) is 3.24. The van der Waals surface area contributed by atoms with E-state index < -0.39 is 48.1 Å². The number of aliphatic carboxylic acids is 1. The number of pyridine rings is 1. The number of halogens is 6. The van der Waals surface area contributed by atoms with Gasteiger partial charge in [0.25, 0.3) is 6.43 Å². The fraction of sp³-hybridized carbons (Fsp3) is 0.333. The normalized spacial score (nSPS) is 11.7. The lowest BCUT2D eigenvalue weighted by Gasteiger charge is -2.15. The van der Waals surface area contributed by atoms with Crippen LogP contribution < -0.4 is 4.74 Å². The smallest absolute Gasteiger partial charge is 0.481 e. The summed E-state index contributed by atoms with van der Waals surface area (Å²) >= 11 is 0. The molecule has 0 fully saturated rings. The molecule has 19 heavy (non-hydrogen) atoms. The van der Waals surface area contributed by atoms with E-state index in [0.717, 1.165) is 0 Å². The summed E-state index contributed by atoms with van der Waals surface area (Å²) in [6.07, 6.45) is -10.0. The summed E-state index contributed by atoms with van der Waals surface area (Å²) in [5, 5.41) is 8.44. The molecule has 1 rings (SSSR count). The number of rotatable bonds is 4. The summed E-state index contributed by atoms with van der Waals surface area (Å²) in [7, 11) is 0. The van der Waals surface area contributed by atoms with Gasteiger partial charge in [-0.3, -0.25) is 4.79 Å². The molecule has 0 aliphatic rings. The maximum atomic E-state index is 12.9. The van der Waals surface area contributed by atoms with Gasteiger partial charge in [-0.05, 0) is 0 Å². The number of alkyl halides is 5. The SMILES string of the molecule is O=C(O)Cc1cc(F)nc(C(F)F)c1OC(F)(F)F. The first-order valence-corrected chi connectivity index (χ1v) is 4.55. The second-order valence-corrected chi connectivity index (χ2v) is 3.24. The number of aromatic nitrogens is 1. The third-order valence-electron chi connectivity index (χ3n) is 1.81. The van der Waals surface area contributed by atoms with E-state index in [1.807, 2.05) is 0 Å². The van der Waals surface area contributed by atoms with Gasteiger partial charge in [-0.1, -0.05) is 0 Å². The Labute approximate surface area is 101 Å². The maximum Gasteiger partial charge on any atom is 0.573 e. The van der Waals surface area contributed by atoms with Crippen LogP contribution in [0, 0.1) is 5.95 Å². The van der Waals surface area contributed by atoms with Crippen LogP contribution in [-0.2, 0) is 11.2 Å². The number of carbonyl (C=O) groups is 1. The average Bonchev–Trinajstić information content (AvgIpc) is 2.18. The minimum absolute atomic E-state index is 0.293. The van der Waals surface area contributed by atoms with E-state index in [-0.39, 0.29) is 0 Å². The van der Waals surface area contributed by atoms with Gasteiger partial charge >= 0.3 is 12.3 Å². The van der Waals surface area contributed by atoms with Crippen LogP contribution >= 0.6 is 0 Å². The molecule has 0 unspecified atom stereocenters. The summed E-state index contributed by atoms with van der Waals surface area (Å²) < 4.78 is 77.3. The van der Waals surface area contributed by atoms with Crippen molar-refractivity contribution in [1.29, 1.82) is 0 Å². The van der Waals surface area contributed by atoms with Crippen molar-refractivity contribution in [1.82, 2.24) is 4.98 Å². The van der Waals surface area contributed by atoms with Gasteiger partial charge in [0.1, 0.15) is 0 Å². The molecule has 0 aliphatic heterocycles. The number of hydrogen-bond acceptors (Lipinski definition) is 3. The lowest BCUT2D eigenvalue weighted by molar-refractivity contribution is -0.275. The largest absolute Gasteiger partial charge is 0.573 e. The quantitative estimate of drug-likeness (QED) is 0.684. The Hall–Kier alpha value is -2.00. The predicted octanol–water partition coefficient (Wildman–Crippen LogP) is 2.68. The number of carboxylic acid groups (broad SMARTS) is 1. The van der Waals surface area contributed by atoms with Gasteiger partial charge in [0.15, 0.2) is 11.4 Å². The van der Waals surface area contributed by atoms with Gasteiger partial charge in [0.05, 0.1) is 6.42 Å². The van der Waals surface area contributed by atoms with Crippen LogP contribution in [0.3, 0.4) is 0 Å². The van der Waals surface area contributed by atoms with E-state index in [1.54, 1.807) is 0 Å². The molecule has 0 saturated carbocycles. The van der Waals surface area contributed by atoms with Gasteiger partial charge in [-0.2, -0.15) is 4.39 Å². The lowest BCUT2D eigenvalue weighted by Crippen LogP contribution is -2.21. The molecule has 0 spiro atoms. The Morgan fingerprint density at radius 2 is 2.00 bits per heavy atom. The minimum Gasteiger partial charge on any atom is -0.481 e. The highest BCUT2D eigenvalue weighted by molar-refractivity contribution is 5.71. The van der Waals surface area contributed by atoms with Gasteiger partial charge in [0, 0.05) is 11.6 Å². The summed E-state index contributed by atoms with van der Waals surface area (Å²) in [5.74, 6) is -4.66.